The lowest BCUT2D eigenvalue weighted by atomic mass is 9.83. The van der Waals surface area contributed by atoms with Crippen LogP contribution in [0.15, 0.2) is 71.6 Å². The van der Waals surface area contributed by atoms with Crippen molar-refractivity contribution in [3.8, 4) is 5.75 Å². The lowest BCUT2D eigenvalue weighted by Gasteiger charge is -2.41. The minimum absolute atomic E-state index is 0.0651. The number of para-hydroxylation sites is 1. The lowest BCUT2D eigenvalue weighted by molar-refractivity contribution is -0.121. The summed E-state index contributed by atoms with van der Waals surface area (Å²) in [6.45, 7) is 7.67. The first-order chi connectivity index (χ1) is 17.6. The van der Waals surface area contributed by atoms with Gasteiger partial charge in [-0.05, 0) is 80.3 Å². The quantitative estimate of drug-likeness (QED) is 0.361. The van der Waals surface area contributed by atoms with Crippen LogP contribution in [0.1, 0.15) is 55.8 Å². The standard InChI is InChI=1S/C29H33ClN2O4S/c1-5-29(6-2)18-26(25-9-7-8-10-27(25)36-29)31-28(33)19-32(23-14-11-20(3)21(4)17-23)37(34,35)24-15-12-22(30)13-16-24/h7-17,26H,5-6,18-19H2,1-4H3,(H,31,33)/t26-/m1/s1. The van der Waals surface area contributed by atoms with Gasteiger partial charge in [0.15, 0.2) is 0 Å². The van der Waals surface area contributed by atoms with Crippen LogP contribution in [0.2, 0.25) is 5.02 Å². The number of benzene rings is 3. The molecule has 3 aromatic carbocycles. The second-order valence-electron chi connectivity index (χ2n) is 9.59. The van der Waals surface area contributed by atoms with E-state index in [4.69, 9.17) is 16.3 Å². The highest BCUT2D eigenvalue weighted by atomic mass is 35.5. The summed E-state index contributed by atoms with van der Waals surface area (Å²) < 4.78 is 35.0. The Morgan fingerprint density at radius 2 is 1.70 bits per heavy atom. The van der Waals surface area contributed by atoms with Gasteiger partial charge in [0.2, 0.25) is 5.91 Å². The minimum Gasteiger partial charge on any atom is -0.487 e. The molecule has 0 fully saturated rings. The van der Waals surface area contributed by atoms with E-state index < -0.39 is 21.5 Å². The van der Waals surface area contributed by atoms with E-state index in [1.165, 1.54) is 24.3 Å². The molecule has 1 aliphatic heterocycles. The number of aryl methyl sites for hydroxylation is 2. The normalized spacial score (nSPS) is 16.4. The van der Waals surface area contributed by atoms with Crippen molar-refractivity contribution >= 4 is 33.2 Å². The van der Waals surface area contributed by atoms with Crippen molar-refractivity contribution in [3.05, 3.63) is 88.4 Å². The van der Waals surface area contributed by atoms with E-state index in [1.54, 1.807) is 12.1 Å². The van der Waals surface area contributed by atoms with Crippen LogP contribution in [0, 0.1) is 13.8 Å². The SMILES string of the molecule is CCC1(CC)C[C@@H](NC(=O)CN(c2ccc(C)c(C)c2)S(=O)(=O)c2ccc(Cl)cc2)c2ccccc2O1. The molecule has 1 aliphatic rings. The highest BCUT2D eigenvalue weighted by molar-refractivity contribution is 7.92. The molecule has 1 heterocycles. The molecule has 0 radical (unpaired) electrons. The van der Waals surface area contributed by atoms with Crippen molar-refractivity contribution in [2.45, 2.75) is 63.5 Å². The summed E-state index contributed by atoms with van der Waals surface area (Å²) in [6, 6.07) is 18.7. The van der Waals surface area contributed by atoms with Crippen LogP contribution in [-0.2, 0) is 14.8 Å². The number of ether oxygens (including phenoxy) is 1. The number of fused-ring (bicyclic) bond motifs is 1. The van der Waals surface area contributed by atoms with Crippen molar-refractivity contribution in [2.24, 2.45) is 0 Å². The van der Waals surface area contributed by atoms with Gasteiger partial charge in [0.1, 0.15) is 17.9 Å². The maximum Gasteiger partial charge on any atom is 0.264 e. The third kappa shape index (κ3) is 5.63. The maximum absolute atomic E-state index is 13.7. The second kappa shape index (κ2) is 10.8. The van der Waals surface area contributed by atoms with Gasteiger partial charge in [-0.3, -0.25) is 9.10 Å². The maximum atomic E-state index is 13.7. The number of nitrogens with one attached hydrogen (secondary N) is 1. The number of hydrogen-bond acceptors (Lipinski definition) is 4. The molecule has 1 amide bonds. The van der Waals surface area contributed by atoms with Gasteiger partial charge >= 0.3 is 0 Å². The highest BCUT2D eigenvalue weighted by Crippen LogP contribution is 2.42. The first-order valence-electron chi connectivity index (χ1n) is 12.5. The van der Waals surface area contributed by atoms with Crippen molar-refractivity contribution in [3.63, 3.8) is 0 Å². The summed E-state index contributed by atoms with van der Waals surface area (Å²) in [7, 11) is -4.04. The fourth-order valence-electron chi connectivity index (χ4n) is 4.73. The second-order valence-corrected chi connectivity index (χ2v) is 11.9. The number of carbonyl (C=O) groups is 1. The van der Waals surface area contributed by atoms with Crippen LogP contribution < -0.4 is 14.4 Å². The monoisotopic (exact) mass is 540 g/mol. The third-order valence-electron chi connectivity index (χ3n) is 7.29. The molecule has 4 rings (SSSR count). The molecule has 8 heteroatoms. The Labute approximate surface area is 224 Å². The van der Waals surface area contributed by atoms with Crippen LogP contribution in [-0.4, -0.2) is 26.5 Å². The Kier molecular flexibility index (Phi) is 7.85. The molecule has 6 nitrogen and oxygen atoms in total. The van der Waals surface area contributed by atoms with E-state index in [-0.39, 0.29) is 17.5 Å². The Hall–Kier alpha value is -3.03. The Bertz CT molecular complexity index is 1390. The third-order valence-corrected chi connectivity index (χ3v) is 9.33. The number of carbonyl (C=O) groups excluding carboxylic acids is 1. The van der Waals surface area contributed by atoms with E-state index >= 15 is 0 Å². The van der Waals surface area contributed by atoms with E-state index in [0.717, 1.165) is 39.6 Å². The lowest BCUT2D eigenvalue weighted by Crippen LogP contribution is -2.47. The van der Waals surface area contributed by atoms with E-state index in [2.05, 4.69) is 19.2 Å². The summed E-state index contributed by atoms with van der Waals surface area (Å²) in [4.78, 5) is 13.6. The molecule has 0 saturated carbocycles. The average Bonchev–Trinajstić information content (AvgIpc) is 2.89. The van der Waals surface area contributed by atoms with Crippen LogP contribution in [0.4, 0.5) is 5.69 Å². The first-order valence-corrected chi connectivity index (χ1v) is 14.3. The predicted molar refractivity (Wildman–Crippen MR) is 148 cm³/mol. The van der Waals surface area contributed by atoms with Crippen LogP contribution >= 0.6 is 11.6 Å². The summed E-state index contributed by atoms with van der Waals surface area (Å²) >= 11 is 5.99. The Balaban J connectivity index is 1.67. The summed E-state index contributed by atoms with van der Waals surface area (Å²) in [5.41, 5.74) is 2.90. The van der Waals surface area contributed by atoms with E-state index in [9.17, 15) is 13.2 Å². The molecule has 1 atom stereocenters. The van der Waals surface area contributed by atoms with Gasteiger partial charge in [-0.2, -0.15) is 0 Å². The predicted octanol–water partition coefficient (Wildman–Crippen LogP) is 6.35. The minimum atomic E-state index is -4.04. The number of halogens is 1. The highest BCUT2D eigenvalue weighted by Gasteiger charge is 2.39. The zero-order chi connectivity index (χ0) is 26.8. The fourth-order valence-corrected chi connectivity index (χ4v) is 6.27. The molecule has 0 aromatic heterocycles. The Morgan fingerprint density at radius 1 is 1.03 bits per heavy atom. The molecular formula is C29H33ClN2O4S. The number of hydrogen-bond donors (Lipinski definition) is 1. The summed E-state index contributed by atoms with van der Waals surface area (Å²) in [5, 5.41) is 3.54. The zero-order valence-electron chi connectivity index (χ0n) is 21.6. The van der Waals surface area contributed by atoms with Gasteiger partial charge in [0.25, 0.3) is 10.0 Å². The number of amides is 1. The number of anilines is 1. The van der Waals surface area contributed by atoms with Gasteiger partial charge < -0.3 is 10.1 Å². The van der Waals surface area contributed by atoms with Gasteiger partial charge in [0, 0.05) is 17.0 Å². The van der Waals surface area contributed by atoms with Gasteiger partial charge in [-0.25, -0.2) is 8.42 Å². The smallest absolute Gasteiger partial charge is 0.264 e. The number of sulfonamides is 1. The Morgan fingerprint density at radius 3 is 2.35 bits per heavy atom. The molecule has 196 valence electrons. The first kappa shape index (κ1) is 27.0. The summed E-state index contributed by atoms with van der Waals surface area (Å²) in [5.74, 6) is 0.362. The van der Waals surface area contributed by atoms with Crippen LogP contribution in [0.5, 0.6) is 5.75 Å². The molecule has 37 heavy (non-hydrogen) atoms. The van der Waals surface area contributed by atoms with E-state index in [1.807, 2.05) is 44.2 Å². The zero-order valence-corrected chi connectivity index (χ0v) is 23.2. The van der Waals surface area contributed by atoms with Crippen molar-refractivity contribution in [1.82, 2.24) is 5.32 Å². The van der Waals surface area contributed by atoms with Crippen LogP contribution in [0.3, 0.4) is 0 Å². The topological polar surface area (TPSA) is 75.7 Å². The van der Waals surface area contributed by atoms with E-state index in [0.29, 0.717) is 17.1 Å². The van der Waals surface area contributed by atoms with Crippen molar-refractivity contribution in [2.75, 3.05) is 10.8 Å². The number of nitrogens with zero attached hydrogens (tertiary/aromatic N) is 1. The average molecular weight is 541 g/mol. The van der Waals surface area contributed by atoms with Gasteiger partial charge in [0.05, 0.1) is 16.6 Å². The largest absolute Gasteiger partial charge is 0.487 e. The number of rotatable bonds is 8. The molecule has 3 aromatic rings. The van der Waals surface area contributed by atoms with Gasteiger partial charge in [-0.15, -0.1) is 0 Å². The molecule has 0 aliphatic carbocycles. The summed E-state index contributed by atoms with van der Waals surface area (Å²) in [6.07, 6.45) is 2.20. The molecule has 0 unspecified atom stereocenters. The van der Waals surface area contributed by atoms with Crippen molar-refractivity contribution in [1.29, 1.82) is 0 Å². The molecular weight excluding hydrogens is 508 g/mol. The molecule has 0 bridgehead atoms. The fraction of sp³-hybridized carbons (Fsp3) is 0.345. The van der Waals surface area contributed by atoms with Crippen LogP contribution in [0.25, 0.3) is 0 Å². The van der Waals surface area contributed by atoms with Gasteiger partial charge in [-0.1, -0.05) is 49.7 Å². The van der Waals surface area contributed by atoms with Crippen molar-refractivity contribution < 1.29 is 17.9 Å². The molecule has 0 saturated heterocycles. The molecule has 0 spiro atoms. The molecule has 1 N–H and O–H groups in total.